The van der Waals surface area contributed by atoms with E-state index in [-0.39, 0.29) is 27.8 Å². The Morgan fingerprint density at radius 1 is 1.43 bits per heavy atom. The minimum Gasteiger partial charge on any atom is -0.510 e. The van der Waals surface area contributed by atoms with Crippen LogP contribution in [0.25, 0.3) is 0 Å². The summed E-state index contributed by atoms with van der Waals surface area (Å²) < 4.78 is 42.4. The van der Waals surface area contributed by atoms with Crippen molar-refractivity contribution in [1.29, 1.82) is 0 Å². The molecule has 0 saturated heterocycles. The summed E-state index contributed by atoms with van der Waals surface area (Å²) in [7, 11) is 1.15. The van der Waals surface area contributed by atoms with Gasteiger partial charge in [0.05, 0.1) is 24.1 Å². The molecule has 0 unspecified atom stereocenters. The average Bonchev–Trinajstić information content (AvgIpc) is 2.78. The summed E-state index contributed by atoms with van der Waals surface area (Å²) in [5.41, 5.74) is -0.900. The molecule has 0 spiro atoms. The predicted molar refractivity (Wildman–Crippen MR) is 72.7 cm³/mol. The molecule has 0 atom stereocenters. The van der Waals surface area contributed by atoms with Crippen molar-refractivity contribution in [2.45, 2.75) is 6.18 Å². The van der Waals surface area contributed by atoms with Gasteiger partial charge in [-0.25, -0.2) is 9.79 Å². The summed E-state index contributed by atoms with van der Waals surface area (Å²) in [4.78, 5) is 15.5. The number of hydrogen-bond donors (Lipinski definition) is 1. The van der Waals surface area contributed by atoms with E-state index in [1.54, 1.807) is 0 Å². The second-order valence-corrected chi connectivity index (χ2v) is 5.03. The molecule has 0 aliphatic carbocycles. The van der Waals surface area contributed by atoms with E-state index in [4.69, 9.17) is 0 Å². The van der Waals surface area contributed by atoms with Crippen LogP contribution in [0.5, 0.6) is 0 Å². The topological polar surface area (TPSA) is 58.9 Å². The standard InChI is InChI=1S/C13H10F3NO3S/c1-20-12(19)10-9(18)6-21-11(10)17-8-4-2-3-7(5-8)13(14,15)16/h2-5,18H,6H2,1H3. The lowest BCUT2D eigenvalue weighted by atomic mass is 10.2. The van der Waals surface area contributed by atoms with Crippen LogP contribution in [0.3, 0.4) is 0 Å². The first kappa shape index (κ1) is 15.4. The maximum absolute atomic E-state index is 12.6. The minimum absolute atomic E-state index is 0.0448. The molecule has 1 aliphatic rings. The number of benzene rings is 1. The molecule has 1 heterocycles. The van der Waals surface area contributed by atoms with Crippen molar-refractivity contribution in [3.05, 3.63) is 41.2 Å². The van der Waals surface area contributed by atoms with Gasteiger partial charge in [-0.1, -0.05) is 17.8 Å². The fourth-order valence-corrected chi connectivity index (χ4v) is 2.60. The largest absolute Gasteiger partial charge is 0.510 e. The number of aliphatic imine (C=N–C) groups is 1. The molecule has 1 aromatic rings. The molecule has 0 amide bonds. The van der Waals surface area contributed by atoms with Crippen LogP contribution in [0.1, 0.15) is 5.56 Å². The Hall–Kier alpha value is -1.96. The Bertz CT molecular complexity index is 638. The lowest BCUT2D eigenvalue weighted by Gasteiger charge is -2.07. The maximum Gasteiger partial charge on any atom is 0.416 e. The first-order chi connectivity index (χ1) is 9.82. The average molecular weight is 317 g/mol. The summed E-state index contributed by atoms with van der Waals surface area (Å²) in [6.07, 6.45) is -4.47. The maximum atomic E-state index is 12.6. The van der Waals surface area contributed by atoms with Crippen molar-refractivity contribution in [3.8, 4) is 0 Å². The molecule has 0 aromatic heterocycles. The van der Waals surface area contributed by atoms with Crippen molar-refractivity contribution in [2.75, 3.05) is 12.9 Å². The number of carbonyl (C=O) groups excluding carboxylic acids is 1. The third-order valence-electron chi connectivity index (χ3n) is 2.64. The summed E-state index contributed by atoms with van der Waals surface area (Å²) in [6, 6.07) is 4.41. The van der Waals surface area contributed by atoms with E-state index in [1.165, 1.54) is 12.1 Å². The van der Waals surface area contributed by atoms with Crippen molar-refractivity contribution >= 4 is 28.5 Å². The zero-order valence-corrected chi connectivity index (χ0v) is 11.6. The highest BCUT2D eigenvalue weighted by atomic mass is 32.2. The summed E-state index contributed by atoms with van der Waals surface area (Å²) in [5.74, 6) is -0.844. The van der Waals surface area contributed by atoms with Gasteiger partial charge in [0.25, 0.3) is 0 Å². The lowest BCUT2D eigenvalue weighted by Crippen LogP contribution is -2.10. The molecule has 2 rings (SSSR count). The molecule has 0 saturated carbocycles. The monoisotopic (exact) mass is 317 g/mol. The van der Waals surface area contributed by atoms with Crippen molar-refractivity contribution in [2.24, 2.45) is 4.99 Å². The molecule has 1 N–H and O–H groups in total. The fraction of sp³-hybridized carbons (Fsp3) is 0.231. The van der Waals surface area contributed by atoms with E-state index in [1.807, 2.05) is 0 Å². The van der Waals surface area contributed by atoms with Crippen LogP contribution in [0.4, 0.5) is 18.9 Å². The lowest BCUT2D eigenvalue weighted by molar-refractivity contribution is -0.137. The summed E-state index contributed by atoms with van der Waals surface area (Å²) in [5, 5.41) is 9.76. The number of alkyl halides is 3. The Kier molecular flexibility index (Phi) is 4.26. The smallest absolute Gasteiger partial charge is 0.416 e. The van der Waals surface area contributed by atoms with E-state index < -0.39 is 17.7 Å². The number of nitrogens with zero attached hydrogens (tertiary/aromatic N) is 1. The van der Waals surface area contributed by atoms with Crippen LogP contribution in [0.2, 0.25) is 0 Å². The first-order valence-corrected chi connectivity index (χ1v) is 6.71. The van der Waals surface area contributed by atoms with Crippen LogP contribution in [0, 0.1) is 0 Å². The molecular formula is C13H10F3NO3S. The van der Waals surface area contributed by atoms with E-state index in [9.17, 15) is 23.1 Å². The highest BCUT2D eigenvalue weighted by Crippen LogP contribution is 2.33. The molecule has 1 aliphatic heterocycles. The molecule has 1 aromatic carbocycles. The molecular weight excluding hydrogens is 307 g/mol. The van der Waals surface area contributed by atoms with Gasteiger partial charge in [-0.3, -0.25) is 0 Å². The number of carbonyl (C=O) groups is 1. The van der Waals surface area contributed by atoms with Crippen molar-refractivity contribution in [1.82, 2.24) is 0 Å². The Morgan fingerprint density at radius 3 is 2.76 bits per heavy atom. The van der Waals surface area contributed by atoms with E-state index in [0.29, 0.717) is 0 Å². The van der Waals surface area contributed by atoms with Crippen molar-refractivity contribution < 1.29 is 27.8 Å². The highest BCUT2D eigenvalue weighted by Gasteiger charge is 2.31. The van der Waals surface area contributed by atoms with Gasteiger partial charge in [-0.15, -0.1) is 0 Å². The minimum atomic E-state index is -4.47. The molecule has 0 fully saturated rings. The van der Waals surface area contributed by atoms with Gasteiger partial charge in [-0.05, 0) is 18.2 Å². The number of methoxy groups -OCH3 is 1. The van der Waals surface area contributed by atoms with E-state index in [2.05, 4.69) is 9.73 Å². The zero-order chi connectivity index (χ0) is 15.6. The molecule has 0 bridgehead atoms. The number of esters is 1. The van der Waals surface area contributed by atoms with Gasteiger partial charge >= 0.3 is 12.1 Å². The molecule has 0 radical (unpaired) electrons. The SMILES string of the molecule is COC(=O)C1=C(O)CSC1=Nc1cccc(C(F)(F)F)c1. The number of thioether (sulfide) groups is 1. The van der Waals surface area contributed by atoms with Crippen molar-refractivity contribution in [3.63, 3.8) is 0 Å². The van der Waals surface area contributed by atoms with Crippen LogP contribution in [-0.2, 0) is 15.7 Å². The Morgan fingerprint density at radius 2 is 2.14 bits per heavy atom. The van der Waals surface area contributed by atoms with Gasteiger partial charge in [0, 0.05) is 0 Å². The molecule has 8 heteroatoms. The highest BCUT2D eigenvalue weighted by molar-refractivity contribution is 8.15. The Labute approximate surface area is 122 Å². The van der Waals surface area contributed by atoms with E-state index >= 15 is 0 Å². The number of rotatable bonds is 2. The third-order valence-corrected chi connectivity index (χ3v) is 3.63. The number of hydrogen-bond acceptors (Lipinski definition) is 5. The van der Waals surface area contributed by atoms with Crippen LogP contribution < -0.4 is 0 Å². The van der Waals surface area contributed by atoms with Crippen LogP contribution >= 0.6 is 11.8 Å². The number of halogens is 3. The Balaban J connectivity index is 2.39. The van der Waals surface area contributed by atoms with E-state index in [0.717, 1.165) is 31.0 Å². The zero-order valence-electron chi connectivity index (χ0n) is 10.8. The molecule has 112 valence electrons. The van der Waals surface area contributed by atoms with Gasteiger partial charge in [0.2, 0.25) is 0 Å². The summed E-state index contributed by atoms with van der Waals surface area (Å²) in [6.45, 7) is 0. The predicted octanol–water partition coefficient (Wildman–Crippen LogP) is 3.47. The van der Waals surface area contributed by atoms with Crippen LogP contribution in [0.15, 0.2) is 40.6 Å². The van der Waals surface area contributed by atoms with Crippen LogP contribution in [-0.4, -0.2) is 29.0 Å². The second-order valence-electron chi connectivity index (χ2n) is 4.07. The second kappa shape index (κ2) is 5.80. The molecule has 21 heavy (non-hydrogen) atoms. The normalized spacial score (nSPS) is 17.4. The number of aliphatic hydroxyl groups excluding tert-OH is 1. The molecule has 4 nitrogen and oxygen atoms in total. The fourth-order valence-electron chi connectivity index (χ4n) is 1.67. The van der Waals surface area contributed by atoms with Gasteiger partial charge < -0.3 is 9.84 Å². The van der Waals surface area contributed by atoms with Gasteiger partial charge in [0.1, 0.15) is 16.4 Å². The first-order valence-electron chi connectivity index (χ1n) is 5.72. The number of ether oxygens (including phenoxy) is 1. The van der Waals surface area contributed by atoms with Gasteiger partial charge in [0.15, 0.2) is 0 Å². The van der Waals surface area contributed by atoms with Gasteiger partial charge in [-0.2, -0.15) is 13.2 Å². The summed E-state index contributed by atoms with van der Waals surface area (Å²) >= 11 is 1.05. The third kappa shape index (κ3) is 3.38. The number of aliphatic hydroxyl groups is 1. The quantitative estimate of drug-likeness (QED) is 0.849.